The molecule has 1 amide bonds. The number of anilines is 2. The maximum absolute atomic E-state index is 13.5. The standard InChI is InChI=1S/C29H40N4O4/c1-2-3-4-5-6-7-8-24-31-27(30)26-28(32-24)37-18-17-33(29(26)36)23-15-13-22(14-16-23)21-11-9-20(10-12-21)19-25(34)35/h13-16,20-21H,2-12,17-19H2,1H3,(H,34,35)(H2,30,31,32). The van der Waals surface area contributed by atoms with Crippen LogP contribution in [0.25, 0.3) is 0 Å². The van der Waals surface area contributed by atoms with Gasteiger partial charge in [0.25, 0.3) is 5.91 Å². The Morgan fingerprint density at radius 1 is 1.05 bits per heavy atom. The summed E-state index contributed by atoms with van der Waals surface area (Å²) in [6, 6.07) is 8.12. The largest absolute Gasteiger partial charge is 0.481 e. The number of ether oxygens (including phenoxy) is 1. The number of aliphatic carboxylic acids is 1. The first-order valence-corrected chi connectivity index (χ1v) is 13.9. The van der Waals surface area contributed by atoms with Gasteiger partial charge in [0.2, 0.25) is 5.88 Å². The number of nitrogen functional groups attached to an aromatic ring is 1. The number of fused-ring (bicyclic) bond motifs is 1. The molecular weight excluding hydrogens is 468 g/mol. The fourth-order valence-electron chi connectivity index (χ4n) is 5.57. The van der Waals surface area contributed by atoms with Gasteiger partial charge in [-0.3, -0.25) is 9.59 Å². The summed E-state index contributed by atoms with van der Waals surface area (Å²) in [6.45, 7) is 2.95. The molecule has 2 aromatic rings. The smallest absolute Gasteiger partial charge is 0.303 e. The summed E-state index contributed by atoms with van der Waals surface area (Å²) in [6.07, 6.45) is 12.0. The fraction of sp³-hybridized carbons (Fsp3) is 0.586. The van der Waals surface area contributed by atoms with Crippen molar-refractivity contribution in [2.45, 2.75) is 89.9 Å². The lowest BCUT2D eigenvalue weighted by atomic mass is 9.77. The second kappa shape index (κ2) is 12.9. The Balaban J connectivity index is 1.39. The van der Waals surface area contributed by atoms with E-state index in [0.29, 0.717) is 24.9 Å². The number of carboxylic acids is 1. The Morgan fingerprint density at radius 3 is 2.46 bits per heavy atom. The van der Waals surface area contributed by atoms with E-state index in [1.54, 1.807) is 4.90 Å². The van der Waals surface area contributed by atoms with Gasteiger partial charge in [-0.1, -0.05) is 51.2 Å². The lowest BCUT2D eigenvalue weighted by Gasteiger charge is -2.28. The Morgan fingerprint density at radius 2 is 1.76 bits per heavy atom. The SMILES string of the molecule is CCCCCCCCc1nc(N)c2c(n1)OCCN(c1ccc(C3CCC(CC(=O)O)CC3)cc1)C2=O. The number of amides is 1. The molecule has 200 valence electrons. The number of nitrogens with two attached hydrogens (primary N) is 1. The lowest BCUT2D eigenvalue weighted by molar-refractivity contribution is -0.138. The van der Waals surface area contributed by atoms with Crippen molar-refractivity contribution in [3.8, 4) is 5.88 Å². The molecule has 0 radical (unpaired) electrons. The van der Waals surface area contributed by atoms with E-state index in [1.165, 1.54) is 31.2 Å². The lowest BCUT2D eigenvalue weighted by Crippen LogP contribution is -2.32. The molecule has 2 aliphatic rings. The molecule has 0 unspecified atom stereocenters. The number of aryl methyl sites for hydroxylation is 1. The molecule has 1 saturated carbocycles. The molecule has 37 heavy (non-hydrogen) atoms. The van der Waals surface area contributed by atoms with Gasteiger partial charge in [0.05, 0.1) is 6.54 Å². The van der Waals surface area contributed by atoms with Crippen LogP contribution in [-0.4, -0.2) is 40.1 Å². The molecule has 1 fully saturated rings. The number of nitrogens with zero attached hydrogens (tertiary/aromatic N) is 3. The average Bonchev–Trinajstić information content (AvgIpc) is 3.05. The molecule has 0 saturated heterocycles. The van der Waals surface area contributed by atoms with Crippen molar-refractivity contribution in [2.24, 2.45) is 5.92 Å². The first-order valence-electron chi connectivity index (χ1n) is 13.9. The maximum Gasteiger partial charge on any atom is 0.303 e. The van der Waals surface area contributed by atoms with Crippen molar-refractivity contribution in [2.75, 3.05) is 23.8 Å². The van der Waals surface area contributed by atoms with Gasteiger partial charge < -0.3 is 20.5 Å². The van der Waals surface area contributed by atoms with E-state index in [-0.39, 0.29) is 35.5 Å². The van der Waals surface area contributed by atoms with Gasteiger partial charge in [-0.05, 0) is 61.6 Å². The Kier molecular flexibility index (Phi) is 9.36. The molecule has 8 heteroatoms. The zero-order valence-corrected chi connectivity index (χ0v) is 22.0. The summed E-state index contributed by atoms with van der Waals surface area (Å²) < 4.78 is 5.87. The predicted octanol–water partition coefficient (Wildman–Crippen LogP) is 5.75. The number of hydrogen-bond acceptors (Lipinski definition) is 6. The number of hydrogen-bond donors (Lipinski definition) is 2. The van der Waals surface area contributed by atoms with Gasteiger partial charge in [0.1, 0.15) is 23.8 Å². The molecule has 3 N–H and O–H groups in total. The van der Waals surface area contributed by atoms with E-state index in [4.69, 9.17) is 15.6 Å². The van der Waals surface area contributed by atoms with E-state index in [2.05, 4.69) is 29.0 Å². The Bertz CT molecular complexity index is 1060. The highest BCUT2D eigenvalue weighted by Crippen LogP contribution is 2.38. The number of carbonyl (C=O) groups is 2. The van der Waals surface area contributed by atoms with Crippen LogP contribution in [0.15, 0.2) is 24.3 Å². The summed E-state index contributed by atoms with van der Waals surface area (Å²) in [7, 11) is 0. The van der Waals surface area contributed by atoms with Gasteiger partial charge in [-0.2, -0.15) is 4.98 Å². The Labute approximate surface area is 219 Å². The first kappa shape index (κ1) is 26.9. The number of carboxylic acid groups (broad SMARTS) is 1. The van der Waals surface area contributed by atoms with E-state index < -0.39 is 5.97 Å². The van der Waals surface area contributed by atoms with Crippen LogP contribution in [0.1, 0.15) is 105 Å². The molecule has 1 aromatic heterocycles. The first-order chi connectivity index (χ1) is 18.0. The number of unbranched alkanes of at least 4 members (excludes halogenated alkanes) is 5. The van der Waals surface area contributed by atoms with Crippen molar-refractivity contribution in [3.63, 3.8) is 0 Å². The van der Waals surface area contributed by atoms with E-state index in [0.717, 1.165) is 50.6 Å². The van der Waals surface area contributed by atoms with Crippen LogP contribution in [0.5, 0.6) is 5.88 Å². The average molecular weight is 509 g/mol. The topological polar surface area (TPSA) is 119 Å². The van der Waals surface area contributed by atoms with Gasteiger partial charge in [0, 0.05) is 18.5 Å². The fourth-order valence-corrected chi connectivity index (χ4v) is 5.57. The van der Waals surface area contributed by atoms with Gasteiger partial charge >= 0.3 is 5.97 Å². The highest BCUT2D eigenvalue weighted by Gasteiger charge is 2.30. The van der Waals surface area contributed by atoms with Crippen molar-refractivity contribution in [1.82, 2.24) is 9.97 Å². The zero-order chi connectivity index (χ0) is 26.2. The minimum Gasteiger partial charge on any atom is -0.481 e. The summed E-state index contributed by atoms with van der Waals surface area (Å²) in [5, 5.41) is 9.05. The van der Waals surface area contributed by atoms with Crippen LogP contribution in [0.4, 0.5) is 11.5 Å². The number of carbonyl (C=O) groups excluding carboxylic acids is 1. The van der Waals surface area contributed by atoms with E-state index in [1.807, 2.05) is 12.1 Å². The zero-order valence-electron chi connectivity index (χ0n) is 22.0. The van der Waals surface area contributed by atoms with Crippen LogP contribution in [0.3, 0.4) is 0 Å². The summed E-state index contributed by atoms with van der Waals surface area (Å²) in [4.78, 5) is 35.2. The van der Waals surface area contributed by atoms with Crippen molar-refractivity contribution in [3.05, 3.63) is 41.2 Å². The minimum atomic E-state index is -0.708. The maximum atomic E-state index is 13.5. The minimum absolute atomic E-state index is 0.178. The quantitative estimate of drug-likeness (QED) is 0.371. The van der Waals surface area contributed by atoms with Crippen molar-refractivity contribution in [1.29, 1.82) is 0 Å². The molecular formula is C29H40N4O4. The Hall–Kier alpha value is -3.16. The normalized spacial score (nSPS) is 19.7. The third-order valence-corrected chi connectivity index (χ3v) is 7.70. The summed E-state index contributed by atoms with van der Waals surface area (Å²) in [5.41, 5.74) is 8.53. The summed E-state index contributed by atoms with van der Waals surface area (Å²) in [5.74, 6) is 0.862. The van der Waals surface area contributed by atoms with Crippen LogP contribution in [-0.2, 0) is 11.2 Å². The summed E-state index contributed by atoms with van der Waals surface area (Å²) >= 11 is 0. The molecule has 2 heterocycles. The second-order valence-corrected chi connectivity index (χ2v) is 10.4. The number of rotatable bonds is 11. The third kappa shape index (κ3) is 6.99. The molecule has 1 aliphatic carbocycles. The molecule has 8 nitrogen and oxygen atoms in total. The van der Waals surface area contributed by atoms with Crippen LogP contribution in [0, 0.1) is 5.92 Å². The van der Waals surface area contributed by atoms with E-state index in [9.17, 15) is 9.59 Å². The van der Waals surface area contributed by atoms with Gasteiger partial charge in [-0.15, -0.1) is 0 Å². The molecule has 0 spiro atoms. The predicted molar refractivity (Wildman–Crippen MR) is 144 cm³/mol. The van der Waals surface area contributed by atoms with Crippen molar-refractivity contribution >= 4 is 23.4 Å². The monoisotopic (exact) mass is 508 g/mol. The number of benzene rings is 1. The van der Waals surface area contributed by atoms with Crippen molar-refractivity contribution < 1.29 is 19.4 Å². The molecule has 1 aliphatic heterocycles. The highest BCUT2D eigenvalue weighted by molar-refractivity contribution is 6.10. The van der Waals surface area contributed by atoms with E-state index >= 15 is 0 Å². The molecule has 0 atom stereocenters. The molecule has 4 rings (SSSR count). The second-order valence-electron chi connectivity index (χ2n) is 10.4. The van der Waals surface area contributed by atoms with Gasteiger partial charge in [-0.25, -0.2) is 4.98 Å². The third-order valence-electron chi connectivity index (χ3n) is 7.70. The van der Waals surface area contributed by atoms with Gasteiger partial charge in [0.15, 0.2) is 0 Å². The number of aromatic nitrogens is 2. The van der Waals surface area contributed by atoms with Crippen LogP contribution >= 0.6 is 0 Å². The van der Waals surface area contributed by atoms with Crippen LogP contribution in [0.2, 0.25) is 0 Å². The molecule has 1 aromatic carbocycles. The highest BCUT2D eigenvalue weighted by atomic mass is 16.5. The van der Waals surface area contributed by atoms with Crippen LogP contribution < -0.4 is 15.4 Å². The molecule has 0 bridgehead atoms.